The molecule has 0 heterocycles. The predicted octanol–water partition coefficient (Wildman–Crippen LogP) is 1.48. The molecule has 7 heteroatoms. The molecule has 96 valence electrons. The SMILES string of the molecule is CC(CO)N(C)S(=O)(=O)c1cccc(Cl)c1F. The Morgan fingerprint density at radius 2 is 2.12 bits per heavy atom. The van der Waals surface area contributed by atoms with Gasteiger partial charge in [-0.3, -0.25) is 0 Å². The summed E-state index contributed by atoms with van der Waals surface area (Å²) in [6, 6.07) is 3.12. The van der Waals surface area contributed by atoms with Crippen molar-refractivity contribution in [3.8, 4) is 0 Å². The number of sulfonamides is 1. The smallest absolute Gasteiger partial charge is 0.246 e. The van der Waals surface area contributed by atoms with E-state index in [0.29, 0.717) is 0 Å². The molecule has 0 aliphatic rings. The molecule has 1 rings (SSSR count). The first-order chi connectivity index (χ1) is 7.82. The van der Waals surface area contributed by atoms with E-state index in [2.05, 4.69) is 0 Å². The van der Waals surface area contributed by atoms with Gasteiger partial charge in [0.1, 0.15) is 4.90 Å². The van der Waals surface area contributed by atoms with Gasteiger partial charge in [-0.2, -0.15) is 4.31 Å². The van der Waals surface area contributed by atoms with Crippen LogP contribution in [0.1, 0.15) is 6.92 Å². The van der Waals surface area contributed by atoms with Gasteiger partial charge in [0, 0.05) is 13.1 Å². The van der Waals surface area contributed by atoms with Gasteiger partial charge in [0.15, 0.2) is 5.82 Å². The number of aliphatic hydroxyl groups excluding tert-OH is 1. The number of hydrogen-bond acceptors (Lipinski definition) is 3. The fourth-order valence-corrected chi connectivity index (χ4v) is 2.86. The van der Waals surface area contributed by atoms with Gasteiger partial charge in [-0.05, 0) is 19.1 Å². The van der Waals surface area contributed by atoms with Crippen molar-refractivity contribution in [1.29, 1.82) is 0 Å². The molecule has 1 atom stereocenters. The van der Waals surface area contributed by atoms with Crippen LogP contribution in [0.25, 0.3) is 0 Å². The number of halogens is 2. The van der Waals surface area contributed by atoms with Crippen LogP contribution in [0.3, 0.4) is 0 Å². The van der Waals surface area contributed by atoms with Crippen LogP contribution in [-0.2, 0) is 10.0 Å². The Kier molecular flexibility index (Phi) is 4.48. The van der Waals surface area contributed by atoms with Crippen molar-refractivity contribution in [2.75, 3.05) is 13.7 Å². The zero-order valence-electron chi connectivity index (χ0n) is 9.39. The van der Waals surface area contributed by atoms with Gasteiger partial charge < -0.3 is 5.11 Å². The molecule has 1 unspecified atom stereocenters. The van der Waals surface area contributed by atoms with Crippen LogP contribution in [0.4, 0.5) is 4.39 Å². The van der Waals surface area contributed by atoms with Gasteiger partial charge >= 0.3 is 0 Å². The number of nitrogens with zero attached hydrogens (tertiary/aromatic N) is 1. The average Bonchev–Trinajstić information content (AvgIpc) is 2.30. The normalized spacial score (nSPS) is 14.0. The summed E-state index contributed by atoms with van der Waals surface area (Å²) in [5.41, 5.74) is 0. The molecule has 0 amide bonds. The van der Waals surface area contributed by atoms with E-state index in [1.165, 1.54) is 26.1 Å². The van der Waals surface area contributed by atoms with Crippen molar-refractivity contribution in [1.82, 2.24) is 4.31 Å². The highest BCUT2D eigenvalue weighted by Gasteiger charge is 2.28. The van der Waals surface area contributed by atoms with E-state index in [-0.39, 0.29) is 11.6 Å². The van der Waals surface area contributed by atoms with Gasteiger partial charge in [0.2, 0.25) is 10.0 Å². The molecule has 0 aliphatic heterocycles. The predicted molar refractivity (Wildman–Crippen MR) is 62.9 cm³/mol. The summed E-state index contributed by atoms with van der Waals surface area (Å²) < 4.78 is 38.6. The third-order valence-corrected chi connectivity index (χ3v) is 4.74. The molecule has 0 bridgehead atoms. The molecule has 17 heavy (non-hydrogen) atoms. The maximum atomic E-state index is 13.6. The van der Waals surface area contributed by atoms with Crippen molar-refractivity contribution < 1.29 is 17.9 Å². The Balaban J connectivity index is 3.27. The molecule has 0 radical (unpaired) electrons. The van der Waals surface area contributed by atoms with E-state index in [9.17, 15) is 12.8 Å². The molecule has 4 nitrogen and oxygen atoms in total. The lowest BCUT2D eigenvalue weighted by atomic mass is 10.3. The fraction of sp³-hybridized carbons (Fsp3) is 0.400. The summed E-state index contributed by atoms with van der Waals surface area (Å²) in [7, 11) is -2.72. The first-order valence-electron chi connectivity index (χ1n) is 4.85. The minimum atomic E-state index is -3.99. The van der Waals surface area contributed by atoms with E-state index in [1.807, 2.05) is 0 Å². The Morgan fingerprint density at radius 3 is 2.65 bits per heavy atom. The molecule has 0 fully saturated rings. The summed E-state index contributed by atoms with van der Waals surface area (Å²) in [4.78, 5) is -0.493. The zero-order valence-corrected chi connectivity index (χ0v) is 11.0. The minimum Gasteiger partial charge on any atom is -0.395 e. The lowest BCUT2D eigenvalue weighted by molar-refractivity contribution is 0.213. The first-order valence-corrected chi connectivity index (χ1v) is 6.67. The Bertz CT molecular complexity index is 506. The van der Waals surface area contributed by atoms with Crippen LogP contribution in [0, 0.1) is 5.82 Å². The van der Waals surface area contributed by atoms with Gasteiger partial charge in [-0.15, -0.1) is 0 Å². The number of benzene rings is 1. The summed E-state index contributed by atoms with van der Waals surface area (Å²) >= 11 is 5.53. The molecular formula is C10H13ClFNO3S. The second-order valence-corrected chi connectivity index (χ2v) is 5.98. The maximum Gasteiger partial charge on any atom is 0.246 e. The number of aliphatic hydroxyl groups is 1. The van der Waals surface area contributed by atoms with Crippen LogP contribution < -0.4 is 0 Å². The molecule has 1 aromatic rings. The van der Waals surface area contributed by atoms with Crippen molar-refractivity contribution in [2.45, 2.75) is 17.9 Å². The maximum absolute atomic E-state index is 13.6. The average molecular weight is 282 g/mol. The van der Waals surface area contributed by atoms with Gasteiger partial charge in [-0.1, -0.05) is 17.7 Å². The van der Waals surface area contributed by atoms with Gasteiger partial charge in [-0.25, -0.2) is 12.8 Å². The second-order valence-electron chi connectivity index (χ2n) is 3.60. The largest absolute Gasteiger partial charge is 0.395 e. The quantitative estimate of drug-likeness (QED) is 0.909. The van der Waals surface area contributed by atoms with E-state index in [0.717, 1.165) is 10.4 Å². The third kappa shape index (κ3) is 2.77. The number of rotatable bonds is 4. The van der Waals surface area contributed by atoms with Gasteiger partial charge in [0.05, 0.1) is 11.6 Å². The second kappa shape index (κ2) is 5.30. The standard InChI is InChI=1S/C10H13ClFNO3S/c1-7(6-14)13(2)17(15,16)9-5-3-4-8(11)10(9)12/h3-5,7,14H,6H2,1-2H3. The van der Waals surface area contributed by atoms with E-state index in [4.69, 9.17) is 16.7 Å². The summed E-state index contributed by atoms with van der Waals surface area (Å²) in [5.74, 6) is -0.980. The van der Waals surface area contributed by atoms with Crippen LogP contribution in [-0.4, -0.2) is 37.5 Å². The Hall–Kier alpha value is -0.690. The zero-order chi connectivity index (χ0) is 13.2. The molecular weight excluding hydrogens is 269 g/mol. The third-order valence-electron chi connectivity index (χ3n) is 2.46. The summed E-state index contributed by atoms with van der Waals surface area (Å²) in [5, 5.41) is 8.66. The Labute approximate surface area is 105 Å². The van der Waals surface area contributed by atoms with Crippen molar-refractivity contribution in [2.24, 2.45) is 0 Å². The van der Waals surface area contributed by atoms with E-state index < -0.39 is 26.8 Å². The molecule has 0 spiro atoms. The van der Waals surface area contributed by atoms with Crippen LogP contribution in [0.15, 0.2) is 23.1 Å². The fourth-order valence-electron chi connectivity index (χ4n) is 1.19. The lowest BCUT2D eigenvalue weighted by Crippen LogP contribution is -2.37. The topological polar surface area (TPSA) is 57.6 Å². The monoisotopic (exact) mass is 281 g/mol. The number of likely N-dealkylation sites (N-methyl/N-ethyl adjacent to an activating group) is 1. The molecule has 0 saturated heterocycles. The van der Waals surface area contributed by atoms with Crippen molar-refractivity contribution in [3.63, 3.8) is 0 Å². The highest BCUT2D eigenvalue weighted by atomic mass is 35.5. The van der Waals surface area contributed by atoms with E-state index >= 15 is 0 Å². The van der Waals surface area contributed by atoms with Crippen molar-refractivity contribution >= 4 is 21.6 Å². The van der Waals surface area contributed by atoms with Crippen LogP contribution >= 0.6 is 11.6 Å². The van der Waals surface area contributed by atoms with Crippen LogP contribution in [0.2, 0.25) is 5.02 Å². The molecule has 0 saturated carbocycles. The van der Waals surface area contributed by atoms with Crippen LogP contribution in [0.5, 0.6) is 0 Å². The molecule has 1 aromatic carbocycles. The molecule has 0 aromatic heterocycles. The Morgan fingerprint density at radius 1 is 1.53 bits per heavy atom. The lowest BCUT2D eigenvalue weighted by Gasteiger charge is -2.22. The summed E-state index contributed by atoms with van der Waals surface area (Å²) in [6.45, 7) is 1.16. The summed E-state index contributed by atoms with van der Waals surface area (Å²) in [6.07, 6.45) is 0. The molecule has 1 N–H and O–H groups in total. The first kappa shape index (κ1) is 14.4. The molecule has 0 aliphatic carbocycles. The highest BCUT2D eigenvalue weighted by Crippen LogP contribution is 2.24. The van der Waals surface area contributed by atoms with E-state index in [1.54, 1.807) is 0 Å². The number of hydrogen-bond donors (Lipinski definition) is 1. The highest BCUT2D eigenvalue weighted by molar-refractivity contribution is 7.89. The van der Waals surface area contributed by atoms with Gasteiger partial charge in [0.25, 0.3) is 0 Å². The van der Waals surface area contributed by atoms with Crippen molar-refractivity contribution in [3.05, 3.63) is 29.0 Å². The minimum absolute atomic E-state index is 0.254.